The van der Waals surface area contributed by atoms with E-state index in [2.05, 4.69) is 37.0 Å². The average Bonchev–Trinajstić information content (AvgIpc) is 2.23. The zero-order valence-electron chi connectivity index (χ0n) is 9.35. The number of aryl methyl sites for hydroxylation is 3. The van der Waals surface area contributed by atoms with Crippen LogP contribution in [-0.2, 0) is 6.42 Å². The Morgan fingerprint density at radius 3 is 2.50 bits per heavy atom. The van der Waals surface area contributed by atoms with Gasteiger partial charge in [0.1, 0.15) is 5.15 Å². The van der Waals surface area contributed by atoms with Crippen LogP contribution in [-0.4, -0.2) is 10.9 Å². The Morgan fingerprint density at radius 2 is 1.81 bits per heavy atom. The number of fused-ring (bicyclic) bond motifs is 1. The number of hydrogen-bond acceptors (Lipinski definition) is 1. The fraction of sp³-hybridized carbons (Fsp3) is 0.308. The minimum absolute atomic E-state index is 0.566. The van der Waals surface area contributed by atoms with Crippen LogP contribution in [0.2, 0.25) is 5.15 Å². The Morgan fingerprint density at radius 1 is 1.12 bits per heavy atom. The summed E-state index contributed by atoms with van der Waals surface area (Å²) in [6.07, 6.45) is 0.760. The number of hydrogen-bond donors (Lipinski definition) is 0. The van der Waals surface area contributed by atoms with Crippen LogP contribution in [0.5, 0.6) is 0 Å². The molecule has 0 spiro atoms. The van der Waals surface area contributed by atoms with Crippen molar-refractivity contribution in [1.82, 2.24) is 4.98 Å². The molecular weight excluding hydrogens is 241 g/mol. The maximum absolute atomic E-state index is 6.10. The largest absolute Gasteiger partial charge is 0.236 e. The molecule has 3 heteroatoms. The summed E-state index contributed by atoms with van der Waals surface area (Å²) in [5, 5.41) is 1.70. The third-order valence-electron chi connectivity index (χ3n) is 2.82. The lowest BCUT2D eigenvalue weighted by molar-refractivity contribution is 1.13. The molecule has 0 radical (unpaired) electrons. The van der Waals surface area contributed by atoms with E-state index in [1.54, 1.807) is 0 Å². The van der Waals surface area contributed by atoms with Gasteiger partial charge in [-0.25, -0.2) is 4.98 Å². The summed E-state index contributed by atoms with van der Waals surface area (Å²) >= 11 is 11.8. The smallest absolute Gasteiger partial charge is 0.133 e. The molecular formula is C13H13Cl2N. The van der Waals surface area contributed by atoms with Gasteiger partial charge in [0.05, 0.1) is 5.52 Å². The number of nitrogens with zero attached hydrogens (tertiary/aromatic N) is 1. The molecule has 0 aliphatic heterocycles. The van der Waals surface area contributed by atoms with Crippen molar-refractivity contribution in [2.75, 3.05) is 5.88 Å². The normalized spacial score (nSPS) is 11.0. The topological polar surface area (TPSA) is 12.9 Å². The second kappa shape index (κ2) is 4.60. The molecule has 0 amide bonds. The van der Waals surface area contributed by atoms with E-state index in [-0.39, 0.29) is 0 Å². The van der Waals surface area contributed by atoms with E-state index in [0.717, 1.165) is 22.9 Å². The quantitative estimate of drug-likeness (QED) is 0.575. The Labute approximate surface area is 105 Å². The lowest BCUT2D eigenvalue weighted by Crippen LogP contribution is -1.93. The Balaban J connectivity index is 2.65. The van der Waals surface area contributed by atoms with Crippen LogP contribution < -0.4 is 0 Å². The highest BCUT2D eigenvalue weighted by Gasteiger charge is 2.05. The SMILES string of the molecule is Cc1cc2cc(CCCl)c(Cl)nc2cc1C. The van der Waals surface area contributed by atoms with E-state index < -0.39 is 0 Å². The van der Waals surface area contributed by atoms with Crippen LogP contribution in [0.25, 0.3) is 10.9 Å². The van der Waals surface area contributed by atoms with Gasteiger partial charge in [0.15, 0.2) is 0 Å². The molecule has 0 bridgehead atoms. The third-order valence-corrected chi connectivity index (χ3v) is 3.34. The van der Waals surface area contributed by atoms with Crippen molar-refractivity contribution in [3.8, 4) is 0 Å². The molecule has 1 heterocycles. The first-order chi connectivity index (χ1) is 7.61. The van der Waals surface area contributed by atoms with Crippen molar-refractivity contribution in [1.29, 1.82) is 0 Å². The molecule has 2 rings (SSSR count). The van der Waals surface area contributed by atoms with Crippen LogP contribution in [0.1, 0.15) is 16.7 Å². The van der Waals surface area contributed by atoms with Crippen molar-refractivity contribution in [2.24, 2.45) is 0 Å². The zero-order valence-corrected chi connectivity index (χ0v) is 10.9. The Kier molecular flexibility index (Phi) is 3.36. The summed E-state index contributed by atoms with van der Waals surface area (Å²) in [6.45, 7) is 4.18. The first-order valence-corrected chi connectivity index (χ1v) is 6.15. The summed E-state index contributed by atoms with van der Waals surface area (Å²) in [4.78, 5) is 4.40. The zero-order chi connectivity index (χ0) is 11.7. The van der Waals surface area contributed by atoms with Crippen LogP contribution in [0.15, 0.2) is 18.2 Å². The van der Waals surface area contributed by atoms with Gasteiger partial charge >= 0.3 is 0 Å². The molecule has 0 atom stereocenters. The van der Waals surface area contributed by atoms with Crippen LogP contribution in [0, 0.1) is 13.8 Å². The van der Waals surface area contributed by atoms with Gasteiger partial charge in [0.2, 0.25) is 0 Å². The number of alkyl halides is 1. The summed E-state index contributed by atoms with van der Waals surface area (Å²) in [5.74, 6) is 0.567. The molecule has 2 aromatic rings. The van der Waals surface area contributed by atoms with E-state index in [1.165, 1.54) is 11.1 Å². The molecule has 0 saturated heterocycles. The average molecular weight is 254 g/mol. The van der Waals surface area contributed by atoms with E-state index in [9.17, 15) is 0 Å². The van der Waals surface area contributed by atoms with Crippen molar-refractivity contribution in [3.05, 3.63) is 40.0 Å². The van der Waals surface area contributed by atoms with Crippen molar-refractivity contribution in [2.45, 2.75) is 20.3 Å². The fourth-order valence-corrected chi connectivity index (χ4v) is 2.18. The maximum atomic E-state index is 6.10. The van der Waals surface area contributed by atoms with Gasteiger partial charge in [-0.1, -0.05) is 11.6 Å². The van der Waals surface area contributed by atoms with Crippen LogP contribution >= 0.6 is 23.2 Å². The lowest BCUT2D eigenvalue weighted by Gasteiger charge is -2.07. The number of aromatic nitrogens is 1. The molecule has 0 aliphatic carbocycles. The van der Waals surface area contributed by atoms with Crippen molar-refractivity contribution in [3.63, 3.8) is 0 Å². The molecule has 16 heavy (non-hydrogen) atoms. The second-order valence-electron chi connectivity index (χ2n) is 4.01. The molecule has 1 aromatic heterocycles. The van der Waals surface area contributed by atoms with Crippen molar-refractivity contribution < 1.29 is 0 Å². The van der Waals surface area contributed by atoms with E-state index in [0.29, 0.717) is 11.0 Å². The van der Waals surface area contributed by atoms with Crippen LogP contribution in [0.4, 0.5) is 0 Å². The molecule has 0 saturated carbocycles. The molecule has 0 unspecified atom stereocenters. The molecule has 0 aliphatic rings. The third kappa shape index (κ3) is 2.16. The summed E-state index contributed by atoms with van der Waals surface area (Å²) in [7, 11) is 0. The standard InChI is InChI=1S/C13H13Cl2N/c1-8-5-11-7-10(3-4-14)13(15)16-12(11)6-9(8)2/h5-7H,3-4H2,1-2H3. The van der Waals surface area contributed by atoms with Gasteiger partial charge < -0.3 is 0 Å². The number of rotatable bonds is 2. The monoisotopic (exact) mass is 253 g/mol. The molecule has 1 nitrogen and oxygen atoms in total. The highest BCUT2D eigenvalue weighted by Crippen LogP contribution is 2.23. The molecule has 0 fully saturated rings. The van der Waals surface area contributed by atoms with Gasteiger partial charge in [0.25, 0.3) is 0 Å². The van der Waals surface area contributed by atoms with Gasteiger partial charge in [-0.3, -0.25) is 0 Å². The predicted molar refractivity (Wildman–Crippen MR) is 70.7 cm³/mol. The molecule has 1 aromatic carbocycles. The minimum Gasteiger partial charge on any atom is -0.236 e. The van der Waals surface area contributed by atoms with Crippen LogP contribution in [0.3, 0.4) is 0 Å². The maximum Gasteiger partial charge on any atom is 0.133 e. The van der Waals surface area contributed by atoms with E-state index in [4.69, 9.17) is 23.2 Å². The first-order valence-electron chi connectivity index (χ1n) is 5.24. The number of pyridine rings is 1. The van der Waals surface area contributed by atoms with Gasteiger partial charge in [-0.2, -0.15) is 0 Å². The molecule has 0 N–H and O–H groups in total. The first kappa shape index (κ1) is 11.7. The van der Waals surface area contributed by atoms with Gasteiger partial charge in [-0.05, 0) is 55.2 Å². The van der Waals surface area contributed by atoms with E-state index in [1.807, 2.05) is 0 Å². The van der Waals surface area contributed by atoms with Gasteiger partial charge in [0, 0.05) is 11.3 Å². The number of halogens is 2. The highest BCUT2D eigenvalue weighted by atomic mass is 35.5. The Bertz CT molecular complexity index is 535. The second-order valence-corrected chi connectivity index (χ2v) is 4.74. The number of benzene rings is 1. The summed E-state index contributed by atoms with van der Waals surface area (Å²) < 4.78 is 0. The highest BCUT2D eigenvalue weighted by molar-refractivity contribution is 6.30. The summed E-state index contributed by atoms with van der Waals surface area (Å²) in [6, 6.07) is 6.30. The van der Waals surface area contributed by atoms with Crippen molar-refractivity contribution >= 4 is 34.1 Å². The summed E-state index contributed by atoms with van der Waals surface area (Å²) in [5.41, 5.74) is 4.48. The van der Waals surface area contributed by atoms with Gasteiger partial charge in [-0.15, -0.1) is 11.6 Å². The fourth-order valence-electron chi connectivity index (χ4n) is 1.74. The molecule has 84 valence electrons. The van der Waals surface area contributed by atoms with E-state index >= 15 is 0 Å². The minimum atomic E-state index is 0.566. The Hall–Kier alpha value is -0.790. The predicted octanol–water partition coefficient (Wildman–Crippen LogP) is 4.29. The lowest BCUT2D eigenvalue weighted by atomic mass is 10.0.